The van der Waals surface area contributed by atoms with E-state index in [9.17, 15) is 0 Å². The highest BCUT2D eigenvalue weighted by atomic mass is 35.5. The average Bonchev–Trinajstić information content (AvgIpc) is 3.12. The van der Waals surface area contributed by atoms with Gasteiger partial charge in [-0.25, -0.2) is 4.99 Å². The molecule has 0 amide bonds. The number of ether oxygens (including phenoxy) is 1. The maximum Gasteiger partial charge on any atom is 0.190 e. The van der Waals surface area contributed by atoms with Crippen molar-refractivity contribution in [1.29, 1.82) is 0 Å². The van der Waals surface area contributed by atoms with Crippen molar-refractivity contribution in [3.63, 3.8) is 0 Å². The van der Waals surface area contributed by atoms with Crippen molar-refractivity contribution in [2.75, 3.05) is 13.7 Å². The number of benzene rings is 1. The highest BCUT2D eigenvalue weighted by Crippen LogP contribution is 2.31. The number of hydrogen-bond donors (Lipinski definition) is 0. The Morgan fingerprint density at radius 2 is 2.00 bits per heavy atom. The number of halogens is 1. The number of para-hydroxylation sites is 1. The van der Waals surface area contributed by atoms with E-state index in [0.717, 1.165) is 31.9 Å². The Labute approximate surface area is 142 Å². The summed E-state index contributed by atoms with van der Waals surface area (Å²) in [5.41, 5.74) is 2.08. The van der Waals surface area contributed by atoms with E-state index in [2.05, 4.69) is 9.95 Å². The summed E-state index contributed by atoms with van der Waals surface area (Å²) in [4.78, 5) is 6.85. The lowest BCUT2D eigenvalue weighted by molar-refractivity contribution is 0.187. The minimum atomic E-state index is 0.644. The molecule has 3 aromatic rings. The zero-order chi connectivity index (χ0) is 15.4. The van der Waals surface area contributed by atoms with E-state index in [0.29, 0.717) is 6.61 Å². The summed E-state index contributed by atoms with van der Waals surface area (Å²) in [6.45, 7) is 1.40. The minimum absolute atomic E-state index is 0.644. The van der Waals surface area contributed by atoms with Gasteiger partial charge in [-0.05, 0) is 24.3 Å². The van der Waals surface area contributed by atoms with Crippen molar-refractivity contribution < 1.29 is 4.74 Å². The molecule has 2 aromatic heterocycles. The lowest BCUT2D eigenvalue weighted by Crippen LogP contribution is -2.18. The molecule has 3 rings (SSSR count). The number of thiazole rings is 1. The second-order valence-corrected chi connectivity index (χ2v) is 7.15. The zero-order valence-electron chi connectivity index (χ0n) is 12.0. The summed E-state index contributed by atoms with van der Waals surface area (Å²) >= 11 is 9.27. The van der Waals surface area contributed by atoms with Gasteiger partial charge in [0, 0.05) is 19.0 Å². The second kappa shape index (κ2) is 7.24. The third kappa shape index (κ3) is 3.50. The SMILES string of the molecule is COCCn1c(-c2ccc(Cl)s2)csc1=Nc1ccccc1. The highest BCUT2D eigenvalue weighted by molar-refractivity contribution is 7.19. The first-order valence-corrected chi connectivity index (χ1v) is 8.88. The summed E-state index contributed by atoms with van der Waals surface area (Å²) in [6.07, 6.45) is 0. The molecule has 1 aromatic carbocycles. The number of rotatable bonds is 5. The molecule has 0 fully saturated rings. The predicted molar refractivity (Wildman–Crippen MR) is 94.2 cm³/mol. The topological polar surface area (TPSA) is 26.5 Å². The fourth-order valence-electron chi connectivity index (χ4n) is 2.08. The van der Waals surface area contributed by atoms with Crippen molar-refractivity contribution in [3.8, 4) is 10.6 Å². The van der Waals surface area contributed by atoms with Crippen molar-refractivity contribution >= 4 is 40.0 Å². The van der Waals surface area contributed by atoms with Crippen molar-refractivity contribution in [2.24, 2.45) is 4.99 Å². The van der Waals surface area contributed by atoms with Gasteiger partial charge in [0.25, 0.3) is 0 Å². The van der Waals surface area contributed by atoms with Crippen LogP contribution in [0.5, 0.6) is 0 Å². The van der Waals surface area contributed by atoms with Gasteiger partial charge in [-0.3, -0.25) is 0 Å². The summed E-state index contributed by atoms with van der Waals surface area (Å²) in [6, 6.07) is 14.0. The molecule has 0 saturated carbocycles. The number of hydrogen-bond acceptors (Lipinski definition) is 4. The molecule has 0 N–H and O–H groups in total. The van der Waals surface area contributed by atoms with Gasteiger partial charge in [0.2, 0.25) is 0 Å². The van der Waals surface area contributed by atoms with E-state index in [4.69, 9.17) is 21.3 Å². The lowest BCUT2D eigenvalue weighted by Gasteiger charge is -2.06. The van der Waals surface area contributed by atoms with Crippen LogP contribution in [0.25, 0.3) is 10.6 Å². The van der Waals surface area contributed by atoms with Crippen LogP contribution in [0, 0.1) is 0 Å². The Kier molecular flexibility index (Phi) is 5.10. The van der Waals surface area contributed by atoms with Crippen LogP contribution >= 0.6 is 34.3 Å². The number of nitrogens with zero attached hydrogens (tertiary/aromatic N) is 2. The van der Waals surface area contributed by atoms with Crippen molar-refractivity contribution in [2.45, 2.75) is 6.54 Å². The first-order chi connectivity index (χ1) is 10.8. The molecule has 2 heterocycles. The Morgan fingerprint density at radius 3 is 2.68 bits per heavy atom. The van der Waals surface area contributed by atoms with Crippen LogP contribution in [0.2, 0.25) is 4.34 Å². The van der Waals surface area contributed by atoms with E-state index in [1.165, 1.54) is 0 Å². The van der Waals surface area contributed by atoms with Gasteiger partial charge in [-0.1, -0.05) is 29.8 Å². The molecule has 22 heavy (non-hydrogen) atoms. The van der Waals surface area contributed by atoms with Crippen LogP contribution in [0.15, 0.2) is 52.8 Å². The Balaban J connectivity index is 2.07. The fourth-order valence-corrected chi connectivity index (χ4v) is 4.17. The van der Waals surface area contributed by atoms with Crippen LogP contribution < -0.4 is 4.80 Å². The van der Waals surface area contributed by atoms with Crippen LogP contribution in [-0.4, -0.2) is 18.3 Å². The average molecular weight is 351 g/mol. The van der Waals surface area contributed by atoms with Crippen LogP contribution in [0.4, 0.5) is 5.69 Å². The monoisotopic (exact) mass is 350 g/mol. The lowest BCUT2D eigenvalue weighted by atomic mass is 10.3. The summed E-state index contributed by atoms with van der Waals surface area (Å²) in [7, 11) is 1.71. The molecule has 0 bridgehead atoms. The molecular formula is C16H15ClN2OS2. The van der Waals surface area contributed by atoms with Crippen LogP contribution in [-0.2, 0) is 11.3 Å². The third-order valence-electron chi connectivity index (χ3n) is 3.12. The third-order valence-corrected chi connectivity index (χ3v) is 5.24. The molecule has 0 aliphatic rings. The van der Waals surface area contributed by atoms with E-state index >= 15 is 0 Å². The molecule has 0 aliphatic carbocycles. The standard InChI is InChI=1S/C16H15ClN2OS2/c1-20-10-9-19-13(14-7-8-15(17)22-14)11-21-16(19)18-12-5-3-2-4-6-12/h2-8,11H,9-10H2,1H3. The smallest absolute Gasteiger partial charge is 0.190 e. The van der Waals surface area contributed by atoms with Crippen LogP contribution in [0.1, 0.15) is 0 Å². The molecule has 114 valence electrons. The van der Waals surface area contributed by atoms with Crippen LogP contribution in [0.3, 0.4) is 0 Å². The summed E-state index contributed by atoms with van der Waals surface area (Å²) in [5, 5.41) is 2.12. The van der Waals surface area contributed by atoms with Gasteiger partial charge >= 0.3 is 0 Å². The molecule has 0 aliphatic heterocycles. The molecule has 0 spiro atoms. The van der Waals surface area contributed by atoms with E-state index in [1.54, 1.807) is 29.8 Å². The second-order valence-electron chi connectivity index (χ2n) is 4.60. The Bertz CT molecular complexity index is 805. The van der Waals surface area contributed by atoms with Gasteiger partial charge in [-0.2, -0.15) is 0 Å². The minimum Gasteiger partial charge on any atom is -0.383 e. The fraction of sp³-hybridized carbons (Fsp3) is 0.188. The van der Waals surface area contributed by atoms with E-state index in [1.807, 2.05) is 42.5 Å². The first kappa shape index (κ1) is 15.5. The normalized spacial score (nSPS) is 12.0. The molecule has 0 saturated heterocycles. The van der Waals surface area contributed by atoms with Crippen molar-refractivity contribution in [1.82, 2.24) is 4.57 Å². The van der Waals surface area contributed by atoms with Gasteiger partial charge in [-0.15, -0.1) is 22.7 Å². The number of aromatic nitrogens is 1. The summed E-state index contributed by atoms with van der Waals surface area (Å²) in [5.74, 6) is 0. The predicted octanol–water partition coefficient (Wildman–Crippen LogP) is 4.81. The molecule has 0 atom stereocenters. The molecule has 3 nitrogen and oxygen atoms in total. The van der Waals surface area contributed by atoms with Gasteiger partial charge in [0.15, 0.2) is 4.80 Å². The highest BCUT2D eigenvalue weighted by Gasteiger charge is 2.10. The van der Waals surface area contributed by atoms with Gasteiger partial charge in [0.05, 0.1) is 27.2 Å². The number of methoxy groups -OCH3 is 1. The molecule has 0 unspecified atom stereocenters. The Hall–Kier alpha value is -1.40. The van der Waals surface area contributed by atoms with E-state index in [-0.39, 0.29) is 0 Å². The molecule has 0 radical (unpaired) electrons. The maximum absolute atomic E-state index is 6.07. The first-order valence-electron chi connectivity index (χ1n) is 6.80. The number of thiophene rings is 1. The van der Waals surface area contributed by atoms with E-state index < -0.39 is 0 Å². The quantitative estimate of drug-likeness (QED) is 0.648. The Morgan fingerprint density at radius 1 is 1.18 bits per heavy atom. The molecule has 6 heteroatoms. The molecular weight excluding hydrogens is 336 g/mol. The van der Waals surface area contributed by atoms with Gasteiger partial charge < -0.3 is 9.30 Å². The maximum atomic E-state index is 6.07. The van der Waals surface area contributed by atoms with Crippen molar-refractivity contribution in [3.05, 3.63) is 57.0 Å². The van der Waals surface area contributed by atoms with Gasteiger partial charge in [0.1, 0.15) is 0 Å². The summed E-state index contributed by atoms with van der Waals surface area (Å²) < 4.78 is 8.21. The largest absolute Gasteiger partial charge is 0.383 e. The zero-order valence-corrected chi connectivity index (χ0v) is 14.4.